The van der Waals surface area contributed by atoms with Crippen molar-refractivity contribution in [3.8, 4) is 0 Å². The van der Waals surface area contributed by atoms with Gasteiger partial charge in [0, 0.05) is 26.3 Å². The van der Waals surface area contributed by atoms with E-state index in [2.05, 4.69) is 0 Å². The number of hydrogen-bond donors (Lipinski definition) is 1. The van der Waals surface area contributed by atoms with Crippen LogP contribution in [0, 0.1) is 5.92 Å². The van der Waals surface area contributed by atoms with Crippen LogP contribution < -0.4 is 5.73 Å². The summed E-state index contributed by atoms with van der Waals surface area (Å²) in [4.78, 5) is 13.2. The van der Waals surface area contributed by atoms with E-state index in [9.17, 15) is 4.79 Å². The van der Waals surface area contributed by atoms with Crippen LogP contribution in [0.4, 0.5) is 4.79 Å². The number of rotatable bonds is 3. The van der Waals surface area contributed by atoms with Crippen LogP contribution >= 0.6 is 0 Å². The van der Waals surface area contributed by atoms with Gasteiger partial charge in [-0.05, 0) is 18.8 Å². The van der Waals surface area contributed by atoms with Crippen LogP contribution in [0.25, 0.3) is 0 Å². The van der Waals surface area contributed by atoms with E-state index in [0.29, 0.717) is 19.0 Å². The van der Waals surface area contributed by atoms with Crippen LogP contribution in [-0.2, 0) is 9.47 Å². The lowest BCUT2D eigenvalue weighted by Gasteiger charge is -2.25. The zero-order valence-corrected chi connectivity index (χ0v) is 8.85. The average Bonchev–Trinajstić information content (AvgIpc) is 2.61. The minimum Gasteiger partial charge on any atom is -0.443 e. The van der Waals surface area contributed by atoms with Gasteiger partial charge in [0.25, 0.3) is 0 Å². The SMILES string of the molecule is NC[C@H]1CN(CC2CCOCC2)C(=O)O1. The van der Waals surface area contributed by atoms with E-state index < -0.39 is 0 Å². The first kappa shape index (κ1) is 10.7. The first-order valence-electron chi connectivity index (χ1n) is 5.53. The fourth-order valence-electron chi connectivity index (χ4n) is 2.09. The molecule has 1 amide bonds. The van der Waals surface area contributed by atoms with Gasteiger partial charge in [-0.25, -0.2) is 4.79 Å². The van der Waals surface area contributed by atoms with E-state index in [-0.39, 0.29) is 12.2 Å². The Hall–Kier alpha value is -0.810. The molecule has 2 aliphatic heterocycles. The van der Waals surface area contributed by atoms with Crippen LogP contribution in [0.2, 0.25) is 0 Å². The van der Waals surface area contributed by atoms with Crippen molar-refractivity contribution in [3.05, 3.63) is 0 Å². The first-order valence-corrected chi connectivity index (χ1v) is 5.53. The fourth-order valence-corrected chi connectivity index (χ4v) is 2.09. The molecule has 2 fully saturated rings. The van der Waals surface area contributed by atoms with E-state index in [1.54, 1.807) is 4.90 Å². The zero-order chi connectivity index (χ0) is 10.7. The summed E-state index contributed by atoms with van der Waals surface area (Å²) in [5, 5.41) is 0. The summed E-state index contributed by atoms with van der Waals surface area (Å²) in [6.45, 7) is 3.48. The molecule has 5 nitrogen and oxygen atoms in total. The molecule has 0 aromatic carbocycles. The van der Waals surface area contributed by atoms with E-state index in [4.69, 9.17) is 15.2 Å². The Morgan fingerprint density at radius 3 is 2.73 bits per heavy atom. The minimum absolute atomic E-state index is 0.114. The molecule has 2 heterocycles. The molecule has 0 aromatic rings. The van der Waals surface area contributed by atoms with Gasteiger partial charge in [0.05, 0.1) is 6.54 Å². The van der Waals surface area contributed by atoms with E-state index in [1.807, 2.05) is 0 Å². The molecule has 1 atom stereocenters. The maximum absolute atomic E-state index is 11.4. The molecule has 0 aliphatic carbocycles. The number of carbonyl (C=O) groups is 1. The van der Waals surface area contributed by atoms with Crippen LogP contribution in [0.3, 0.4) is 0 Å². The second kappa shape index (κ2) is 4.81. The van der Waals surface area contributed by atoms with Gasteiger partial charge in [0.15, 0.2) is 0 Å². The van der Waals surface area contributed by atoms with Crippen LogP contribution in [0.15, 0.2) is 0 Å². The second-order valence-electron chi connectivity index (χ2n) is 4.20. The molecule has 0 aromatic heterocycles. The van der Waals surface area contributed by atoms with Gasteiger partial charge in [0.1, 0.15) is 6.10 Å². The van der Waals surface area contributed by atoms with Gasteiger partial charge in [-0.15, -0.1) is 0 Å². The van der Waals surface area contributed by atoms with Crippen molar-refractivity contribution < 1.29 is 14.3 Å². The predicted octanol–water partition coefficient (Wildman–Crippen LogP) is 0.192. The number of hydrogen-bond acceptors (Lipinski definition) is 4. The van der Waals surface area contributed by atoms with Crippen LogP contribution in [0.1, 0.15) is 12.8 Å². The molecule has 5 heteroatoms. The monoisotopic (exact) mass is 214 g/mol. The lowest BCUT2D eigenvalue weighted by Crippen LogP contribution is -2.34. The summed E-state index contributed by atoms with van der Waals surface area (Å²) >= 11 is 0. The van der Waals surface area contributed by atoms with E-state index >= 15 is 0 Å². The topological polar surface area (TPSA) is 64.8 Å². The standard InChI is InChI=1S/C10H18N2O3/c11-5-9-7-12(10(13)15-9)6-8-1-3-14-4-2-8/h8-9H,1-7,11H2/t9-/m0/s1. The highest BCUT2D eigenvalue weighted by Crippen LogP contribution is 2.19. The molecule has 2 saturated heterocycles. The summed E-state index contributed by atoms with van der Waals surface area (Å²) in [6, 6.07) is 0. The summed E-state index contributed by atoms with van der Waals surface area (Å²) in [6.07, 6.45) is 1.75. The van der Waals surface area contributed by atoms with Gasteiger partial charge in [0.2, 0.25) is 0 Å². The molecule has 0 radical (unpaired) electrons. The van der Waals surface area contributed by atoms with Crippen molar-refractivity contribution in [2.75, 3.05) is 32.8 Å². The van der Waals surface area contributed by atoms with Crippen LogP contribution in [-0.4, -0.2) is 49.9 Å². The summed E-state index contributed by atoms with van der Waals surface area (Å²) in [5.74, 6) is 0.558. The minimum atomic E-state index is -0.211. The normalized spacial score (nSPS) is 28.2. The molecule has 2 aliphatic rings. The first-order chi connectivity index (χ1) is 7.29. The van der Waals surface area contributed by atoms with Gasteiger partial charge in [-0.1, -0.05) is 0 Å². The molecular formula is C10H18N2O3. The molecule has 15 heavy (non-hydrogen) atoms. The number of amides is 1. The maximum atomic E-state index is 11.4. The summed E-state index contributed by atoms with van der Waals surface area (Å²) < 4.78 is 10.4. The van der Waals surface area contributed by atoms with Gasteiger partial charge < -0.3 is 20.1 Å². The number of ether oxygens (including phenoxy) is 2. The maximum Gasteiger partial charge on any atom is 0.410 e. The molecule has 2 N–H and O–H groups in total. The summed E-state index contributed by atoms with van der Waals surface area (Å²) in [7, 11) is 0. The lowest BCUT2D eigenvalue weighted by atomic mass is 10.00. The number of nitrogens with two attached hydrogens (primary N) is 1. The Bertz CT molecular complexity index is 229. The smallest absolute Gasteiger partial charge is 0.410 e. The lowest BCUT2D eigenvalue weighted by molar-refractivity contribution is 0.0572. The van der Waals surface area contributed by atoms with E-state index in [1.165, 1.54) is 0 Å². The number of nitrogens with zero attached hydrogens (tertiary/aromatic N) is 1. The van der Waals surface area contributed by atoms with Gasteiger partial charge >= 0.3 is 6.09 Å². The number of cyclic esters (lactones) is 1. The van der Waals surface area contributed by atoms with Crippen LogP contribution in [0.5, 0.6) is 0 Å². The molecule has 0 spiro atoms. The van der Waals surface area contributed by atoms with Crippen molar-refractivity contribution in [1.29, 1.82) is 0 Å². The highest BCUT2D eigenvalue weighted by Gasteiger charge is 2.32. The van der Waals surface area contributed by atoms with Crippen molar-refractivity contribution in [3.63, 3.8) is 0 Å². The fraction of sp³-hybridized carbons (Fsp3) is 0.900. The highest BCUT2D eigenvalue weighted by atomic mass is 16.6. The third-order valence-corrected chi connectivity index (χ3v) is 3.03. The van der Waals surface area contributed by atoms with Crippen molar-refractivity contribution in [1.82, 2.24) is 4.90 Å². The molecule has 86 valence electrons. The van der Waals surface area contributed by atoms with Crippen molar-refractivity contribution in [2.45, 2.75) is 18.9 Å². The molecule has 0 unspecified atom stereocenters. The second-order valence-corrected chi connectivity index (χ2v) is 4.20. The quantitative estimate of drug-likeness (QED) is 0.728. The highest BCUT2D eigenvalue weighted by molar-refractivity contribution is 5.69. The largest absolute Gasteiger partial charge is 0.443 e. The Morgan fingerprint density at radius 2 is 2.13 bits per heavy atom. The molecular weight excluding hydrogens is 196 g/mol. The zero-order valence-electron chi connectivity index (χ0n) is 8.85. The Labute approximate surface area is 89.5 Å². The van der Waals surface area contributed by atoms with Crippen molar-refractivity contribution >= 4 is 6.09 Å². The van der Waals surface area contributed by atoms with Gasteiger partial charge in [-0.2, -0.15) is 0 Å². The third-order valence-electron chi connectivity index (χ3n) is 3.03. The van der Waals surface area contributed by atoms with Gasteiger partial charge in [-0.3, -0.25) is 0 Å². The summed E-state index contributed by atoms with van der Waals surface area (Å²) in [5.41, 5.74) is 5.47. The predicted molar refractivity (Wildman–Crippen MR) is 54.4 cm³/mol. The third kappa shape index (κ3) is 2.60. The molecule has 2 rings (SSSR count). The van der Waals surface area contributed by atoms with Crippen molar-refractivity contribution in [2.24, 2.45) is 11.7 Å². The Kier molecular flexibility index (Phi) is 3.43. The molecule has 0 saturated carbocycles. The Morgan fingerprint density at radius 1 is 1.40 bits per heavy atom. The Balaban J connectivity index is 1.81. The molecule has 0 bridgehead atoms. The average molecular weight is 214 g/mol. The van der Waals surface area contributed by atoms with E-state index in [0.717, 1.165) is 32.6 Å². The number of carbonyl (C=O) groups excluding carboxylic acids is 1.